The summed E-state index contributed by atoms with van der Waals surface area (Å²) in [5.74, 6) is -1.01. The van der Waals surface area contributed by atoms with Gasteiger partial charge in [0.05, 0.1) is 11.4 Å². The third kappa shape index (κ3) is 3.08. The van der Waals surface area contributed by atoms with Crippen molar-refractivity contribution in [1.29, 1.82) is 0 Å². The van der Waals surface area contributed by atoms with Crippen molar-refractivity contribution in [2.24, 2.45) is 0 Å². The van der Waals surface area contributed by atoms with Crippen LogP contribution in [0.15, 0.2) is 22.6 Å². The average Bonchev–Trinajstić information content (AvgIpc) is 3.02. The van der Waals surface area contributed by atoms with E-state index in [2.05, 4.69) is 5.32 Å². The van der Waals surface area contributed by atoms with E-state index >= 15 is 0 Å². The number of amides is 1. The minimum Gasteiger partial charge on any atom is -0.475 e. The lowest BCUT2D eigenvalue weighted by Gasteiger charge is -2.00. The molecule has 2 heterocycles. The molecule has 0 fully saturated rings. The van der Waals surface area contributed by atoms with Crippen LogP contribution in [-0.2, 0) is 13.0 Å². The van der Waals surface area contributed by atoms with Crippen LogP contribution >= 0.6 is 11.3 Å². The molecule has 2 aromatic heterocycles. The zero-order chi connectivity index (χ0) is 14.7. The van der Waals surface area contributed by atoms with Crippen LogP contribution in [0.5, 0.6) is 0 Å². The standard InChI is InChI=1S/C14H15NO4S/c1-3-9-6-12(20-8(9)2)13(16)15-7-10-4-5-11(19-10)14(17)18/h4-6H,3,7H2,1-2H3,(H,15,16)(H,17,18). The quantitative estimate of drug-likeness (QED) is 0.888. The Morgan fingerprint density at radius 1 is 1.40 bits per heavy atom. The first-order chi connectivity index (χ1) is 9.51. The first-order valence-corrected chi connectivity index (χ1v) is 7.02. The van der Waals surface area contributed by atoms with E-state index in [0.29, 0.717) is 10.6 Å². The number of aryl methyl sites for hydroxylation is 2. The van der Waals surface area contributed by atoms with Crippen molar-refractivity contribution >= 4 is 23.2 Å². The molecule has 0 spiro atoms. The van der Waals surface area contributed by atoms with Gasteiger partial charge < -0.3 is 14.8 Å². The van der Waals surface area contributed by atoms with Crippen molar-refractivity contribution in [3.05, 3.63) is 45.0 Å². The molecular weight excluding hydrogens is 278 g/mol. The van der Waals surface area contributed by atoms with Crippen molar-refractivity contribution < 1.29 is 19.1 Å². The van der Waals surface area contributed by atoms with Gasteiger partial charge in [-0.15, -0.1) is 11.3 Å². The highest BCUT2D eigenvalue weighted by Crippen LogP contribution is 2.22. The zero-order valence-corrected chi connectivity index (χ0v) is 12.0. The number of carboxylic acid groups (broad SMARTS) is 1. The third-order valence-electron chi connectivity index (χ3n) is 2.92. The predicted molar refractivity (Wildman–Crippen MR) is 75.3 cm³/mol. The number of carbonyl (C=O) groups excluding carboxylic acids is 1. The molecule has 2 aromatic rings. The Morgan fingerprint density at radius 3 is 2.70 bits per heavy atom. The average molecular weight is 293 g/mol. The van der Waals surface area contributed by atoms with Gasteiger partial charge in [-0.05, 0) is 37.1 Å². The summed E-state index contributed by atoms with van der Waals surface area (Å²) in [5, 5.41) is 11.5. The van der Waals surface area contributed by atoms with Crippen LogP contribution in [0.3, 0.4) is 0 Å². The van der Waals surface area contributed by atoms with E-state index in [-0.39, 0.29) is 18.2 Å². The molecular formula is C14H15NO4S. The topological polar surface area (TPSA) is 79.5 Å². The van der Waals surface area contributed by atoms with Gasteiger partial charge in [0.2, 0.25) is 5.76 Å². The number of carbonyl (C=O) groups is 2. The zero-order valence-electron chi connectivity index (χ0n) is 11.2. The second kappa shape index (κ2) is 5.92. The molecule has 2 N–H and O–H groups in total. The molecule has 106 valence electrons. The highest BCUT2D eigenvalue weighted by molar-refractivity contribution is 7.14. The van der Waals surface area contributed by atoms with Crippen LogP contribution in [0.2, 0.25) is 0 Å². The fourth-order valence-electron chi connectivity index (χ4n) is 1.83. The summed E-state index contributed by atoms with van der Waals surface area (Å²) in [7, 11) is 0. The number of rotatable bonds is 5. The summed E-state index contributed by atoms with van der Waals surface area (Å²) in [6.45, 7) is 4.21. The predicted octanol–water partition coefficient (Wildman–Crippen LogP) is 2.84. The van der Waals surface area contributed by atoms with Crippen molar-refractivity contribution in [3.8, 4) is 0 Å². The van der Waals surface area contributed by atoms with Crippen molar-refractivity contribution in [1.82, 2.24) is 5.32 Å². The minimum atomic E-state index is -1.12. The molecule has 0 aromatic carbocycles. The molecule has 0 aliphatic heterocycles. The molecule has 1 amide bonds. The summed E-state index contributed by atoms with van der Waals surface area (Å²) in [6, 6.07) is 4.80. The monoisotopic (exact) mass is 293 g/mol. The fourth-order valence-corrected chi connectivity index (χ4v) is 2.86. The Bertz CT molecular complexity index is 641. The largest absolute Gasteiger partial charge is 0.475 e. The highest BCUT2D eigenvalue weighted by atomic mass is 32.1. The van der Waals surface area contributed by atoms with Crippen LogP contribution in [-0.4, -0.2) is 17.0 Å². The lowest BCUT2D eigenvalue weighted by atomic mass is 10.2. The van der Waals surface area contributed by atoms with Crippen LogP contribution in [0.25, 0.3) is 0 Å². The molecule has 0 unspecified atom stereocenters. The highest BCUT2D eigenvalue weighted by Gasteiger charge is 2.13. The van der Waals surface area contributed by atoms with Crippen LogP contribution in [0.1, 0.15) is 43.4 Å². The molecule has 0 radical (unpaired) electrons. The SMILES string of the molecule is CCc1cc(C(=O)NCc2ccc(C(=O)O)o2)sc1C. The maximum absolute atomic E-state index is 12.0. The van der Waals surface area contributed by atoms with Gasteiger partial charge in [0, 0.05) is 4.88 Å². The van der Waals surface area contributed by atoms with E-state index < -0.39 is 5.97 Å². The maximum atomic E-state index is 12.0. The van der Waals surface area contributed by atoms with E-state index in [9.17, 15) is 9.59 Å². The first kappa shape index (κ1) is 14.3. The smallest absolute Gasteiger partial charge is 0.371 e. The van der Waals surface area contributed by atoms with Gasteiger partial charge in [-0.1, -0.05) is 6.92 Å². The summed E-state index contributed by atoms with van der Waals surface area (Å²) in [5.41, 5.74) is 1.17. The van der Waals surface area contributed by atoms with Gasteiger partial charge in [-0.3, -0.25) is 4.79 Å². The fraction of sp³-hybridized carbons (Fsp3) is 0.286. The molecule has 6 heteroatoms. The molecule has 0 saturated carbocycles. The second-order valence-electron chi connectivity index (χ2n) is 4.30. The lowest BCUT2D eigenvalue weighted by molar-refractivity contribution is 0.0660. The van der Waals surface area contributed by atoms with Crippen LogP contribution < -0.4 is 5.32 Å². The number of nitrogens with one attached hydrogen (secondary N) is 1. The molecule has 5 nitrogen and oxygen atoms in total. The second-order valence-corrected chi connectivity index (χ2v) is 5.56. The third-order valence-corrected chi connectivity index (χ3v) is 4.01. The van der Waals surface area contributed by atoms with E-state index in [1.165, 1.54) is 23.0 Å². The summed E-state index contributed by atoms with van der Waals surface area (Å²) >= 11 is 1.46. The molecule has 0 atom stereocenters. The molecule has 20 heavy (non-hydrogen) atoms. The molecule has 2 rings (SSSR count). The lowest BCUT2D eigenvalue weighted by Crippen LogP contribution is -2.21. The van der Waals surface area contributed by atoms with Gasteiger partial charge in [-0.2, -0.15) is 0 Å². The minimum absolute atomic E-state index is 0.130. The first-order valence-electron chi connectivity index (χ1n) is 6.20. The van der Waals surface area contributed by atoms with Gasteiger partial charge in [0.25, 0.3) is 5.91 Å². The van der Waals surface area contributed by atoms with Crippen molar-refractivity contribution in [2.75, 3.05) is 0 Å². The number of thiophene rings is 1. The Kier molecular flexibility index (Phi) is 4.24. The Balaban J connectivity index is 1.98. The molecule has 0 aliphatic carbocycles. The summed E-state index contributed by atoms with van der Waals surface area (Å²) in [4.78, 5) is 24.4. The van der Waals surface area contributed by atoms with E-state index in [0.717, 1.165) is 11.3 Å². The van der Waals surface area contributed by atoms with E-state index in [4.69, 9.17) is 9.52 Å². The van der Waals surface area contributed by atoms with E-state index in [1.807, 2.05) is 19.9 Å². The van der Waals surface area contributed by atoms with E-state index in [1.54, 1.807) is 6.07 Å². The van der Waals surface area contributed by atoms with Gasteiger partial charge >= 0.3 is 5.97 Å². The molecule has 0 bridgehead atoms. The van der Waals surface area contributed by atoms with Crippen molar-refractivity contribution in [2.45, 2.75) is 26.8 Å². The number of carboxylic acids is 1. The Morgan fingerprint density at radius 2 is 2.15 bits per heavy atom. The van der Waals surface area contributed by atoms with Crippen molar-refractivity contribution in [3.63, 3.8) is 0 Å². The van der Waals surface area contributed by atoms with Gasteiger partial charge in [-0.25, -0.2) is 4.79 Å². The van der Waals surface area contributed by atoms with Gasteiger partial charge in [0.1, 0.15) is 5.76 Å². The Labute approximate surface area is 120 Å². The number of furan rings is 1. The normalized spacial score (nSPS) is 10.5. The van der Waals surface area contributed by atoms with Gasteiger partial charge in [0.15, 0.2) is 0 Å². The molecule has 0 saturated heterocycles. The summed E-state index contributed by atoms with van der Waals surface area (Å²) in [6.07, 6.45) is 0.899. The Hall–Kier alpha value is -2.08. The summed E-state index contributed by atoms with van der Waals surface area (Å²) < 4.78 is 5.07. The van der Waals surface area contributed by atoms with Crippen LogP contribution in [0.4, 0.5) is 0 Å². The maximum Gasteiger partial charge on any atom is 0.371 e. The number of hydrogen-bond donors (Lipinski definition) is 2. The number of aromatic carboxylic acids is 1. The molecule has 0 aliphatic rings. The number of hydrogen-bond acceptors (Lipinski definition) is 4. The van der Waals surface area contributed by atoms with Crippen LogP contribution in [0, 0.1) is 6.92 Å².